The van der Waals surface area contributed by atoms with E-state index >= 15 is 0 Å². The minimum atomic E-state index is -0.836. The maximum atomic E-state index is 11.8. The van der Waals surface area contributed by atoms with Crippen LogP contribution in [0, 0.1) is 0 Å². The first-order valence-corrected chi connectivity index (χ1v) is 11.4. The van der Waals surface area contributed by atoms with E-state index in [1.165, 1.54) is 0 Å². The molecule has 34 heavy (non-hydrogen) atoms. The summed E-state index contributed by atoms with van der Waals surface area (Å²) < 4.78 is 2.10. The summed E-state index contributed by atoms with van der Waals surface area (Å²) in [5, 5.41) is 11.8. The van der Waals surface area contributed by atoms with E-state index in [1.54, 1.807) is 0 Å². The van der Waals surface area contributed by atoms with Gasteiger partial charge in [0.1, 0.15) is 6.10 Å². The second kappa shape index (κ2) is 8.58. The van der Waals surface area contributed by atoms with Crippen LogP contribution in [0.1, 0.15) is 17.2 Å². The van der Waals surface area contributed by atoms with Gasteiger partial charge in [0.2, 0.25) is 5.95 Å². The molecule has 0 bridgehead atoms. The SMILES string of the molecule is OC1C(c2ccccc2)=Nc2nc(-c3ccccc3)c(-c3ccccc3)n2C1c1ccccc1. The average molecular weight is 442 g/mol. The van der Waals surface area contributed by atoms with Crippen LogP contribution in [0.3, 0.4) is 0 Å². The fourth-order valence-corrected chi connectivity index (χ4v) is 4.72. The number of aromatic nitrogens is 2. The first kappa shape index (κ1) is 20.3. The zero-order valence-corrected chi connectivity index (χ0v) is 18.5. The molecule has 2 unspecified atom stereocenters. The molecular formula is C30H23N3O. The molecule has 0 saturated heterocycles. The van der Waals surface area contributed by atoms with Crippen LogP contribution >= 0.6 is 0 Å². The number of rotatable bonds is 4. The number of hydrogen-bond acceptors (Lipinski definition) is 3. The van der Waals surface area contributed by atoms with Gasteiger partial charge in [0.25, 0.3) is 0 Å². The number of benzene rings is 4. The van der Waals surface area contributed by atoms with Crippen molar-refractivity contribution >= 4 is 11.7 Å². The van der Waals surface area contributed by atoms with Crippen LogP contribution < -0.4 is 0 Å². The Bertz CT molecular complexity index is 1440. The van der Waals surface area contributed by atoms with Gasteiger partial charge < -0.3 is 5.11 Å². The van der Waals surface area contributed by atoms with Gasteiger partial charge in [-0.15, -0.1) is 0 Å². The topological polar surface area (TPSA) is 50.4 Å². The minimum Gasteiger partial charge on any atom is -0.384 e. The monoisotopic (exact) mass is 441 g/mol. The molecule has 0 radical (unpaired) electrons. The van der Waals surface area contributed by atoms with Crippen LogP contribution in [0.2, 0.25) is 0 Å². The zero-order valence-electron chi connectivity index (χ0n) is 18.5. The van der Waals surface area contributed by atoms with Crippen LogP contribution in [0.5, 0.6) is 0 Å². The summed E-state index contributed by atoms with van der Waals surface area (Å²) in [7, 11) is 0. The second-order valence-electron chi connectivity index (χ2n) is 8.37. The van der Waals surface area contributed by atoms with Gasteiger partial charge in [0, 0.05) is 11.1 Å². The predicted octanol–water partition coefficient (Wildman–Crippen LogP) is 6.30. The predicted molar refractivity (Wildman–Crippen MR) is 136 cm³/mol. The lowest BCUT2D eigenvalue weighted by atomic mass is 9.92. The number of aliphatic hydroxyl groups excluding tert-OH is 1. The lowest BCUT2D eigenvalue weighted by Gasteiger charge is -2.32. The second-order valence-corrected chi connectivity index (χ2v) is 8.37. The van der Waals surface area contributed by atoms with Crippen molar-refractivity contribution in [2.75, 3.05) is 0 Å². The highest BCUT2D eigenvalue weighted by Gasteiger charge is 2.37. The highest BCUT2D eigenvalue weighted by molar-refractivity contribution is 6.06. The molecule has 4 aromatic carbocycles. The Kier molecular flexibility index (Phi) is 5.13. The zero-order chi connectivity index (χ0) is 22.9. The summed E-state index contributed by atoms with van der Waals surface area (Å²) in [5.41, 5.74) is 6.39. The Hall–Kier alpha value is -4.28. The molecule has 4 nitrogen and oxygen atoms in total. The van der Waals surface area contributed by atoms with Gasteiger partial charge in [-0.1, -0.05) is 121 Å². The van der Waals surface area contributed by atoms with Crippen molar-refractivity contribution in [2.24, 2.45) is 4.99 Å². The van der Waals surface area contributed by atoms with E-state index in [9.17, 15) is 5.11 Å². The molecule has 1 N–H and O–H groups in total. The lowest BCUT2D eigenvalue weighted by molar-refractivity contribution is 0.191. The first-order chi connectivity index (χ1) is 16.8. The molecule has 2 atom stereocenters. The quantitative estimate of drug-likeness (QED) is 0.356. The van der Waals surface area contributed by atoms with Crippen molar-refractivity contribution in [1.82, 2.24) is 9.55 Å². The third-order valence-corrected chi connectivity index (χ3v) is 6.28. The van der Waals surface area contributed by atoms with Crippen LogP contribution in [0.25, 0.3) is 22.5 Å². The van der Waals surface area contributed by atoms with E-state index < -0.39 is 6.10 Å². The third kappa shape index (κ3) is 3.45. The molecule has 2 heterocycles. The number of imidazole rings is 1. The normalized spacial score (nSPS) is 17.1. The molecule has 164 valence electrons. The largest absolute Gasteiger partial charge is 0.384 e. The van der Waals surface area contributed by atoms with E-state index in [0.29, 0.717) is 11.7 Å². The maximum Gasteiger partial charge on any atom is 0.231 e. The number of aliphatic hydroxyl groups is 1. The number of nitrogens with zero attached hydrogens (tertiary/aromatic N) is 3. The molecule has 0 fully saturated rings. The van der Waals surface area contributed by atoms with Gasteiger partial charge in [-0.3, -0.25) is 4.57 Å². The molecule has 4 heteroatoms. The van der Waals surface area contributed by atoms with Crippen LogP contribution in [0.15, 0.2) is 126 Å². The highest BCUT2D eigenvalue weighted by atomic mass is 16.3. The Balaban J connectivity index is 1.68. The Morgan fingerprint density at radius 2 is 1.09 bits per heavy atom. The first-order valence-electron chi connectivity index (χ1n) is 11.4. The number of aliphatic imine (C=N–C) groups is 1. The van der Waals surface area contributed by atoms with Crippen molar-refractivity contribution < 1.29 is 5.11 Å². The van der Waals surface area contributed by atoms with E-state index in [0.717, 1.165) is 33.6 Å². The standard InChI is InChI=1S/C30H23N3O/c34-29-26(22-15-7-2-8-16-22)32-30-31-25(21-13-5-1-6-14-21)27(23-17-9-3-10-18-23)33(30)28(29)24-19-11-4-12-20-24/h1-20,28-29,34H. The molecule has 1 aliphatic rings. The van der Waals surface area contributed by atoms with Gasteiger partial charge in [-0.2, -0.15) is 0 Å². The fraction of sp³-hybridized carbons (Fsp3) is 0.0667. The molecule has 0 saturated carbocycles. The van der Waals surface area contributed by atoms with Crippen molar-refractivity contribution in [3.05, 3.63) is 132 Å². The van der Waals surface area contributed by atoms with E-state index in [1.807, 2.05) is 84.9 Å². The number of hydrogen-bond donors (Lipinski definition) is 1. The minimum absolute atomic E-state index is 0.371. The van der Waals surface area contributed by atoms with Crippen LogP contribution in [-0.4, -0.2) is 26.5 Å². The Labute approximate surface area is 198 Å². The van der Waals surface area contributed by atoms with Crippen molar-refractivity contribution in [3.8, 4) is 22.5 Å². The van der Waals surface area contributed by atoms with E-state index in [-0.39, 0.29) is 6.04 Å². The Morgan fingerprint density at radius 1 is 0.588 bits per heavy atom. The smallest absolute Gasteiger partial charge is 0.231 e. The Morgan fingerprint density at radius 3 is 1.68 bits per heavy atom. The van der Waals surface area contributed by atoms with E-state index in [2.05, 4.69) is 41.0 Å². The average Bonchev–Trinajstić information content (AvgIpc) is 3.29. The molecule has 1 aliphatic heterocycles. The fourth-order valence-electron chi connectivity index (χ4n) is 4.72. The van der Waals surface area contributed by atoms with Crippen molar-refractivity contribution in [2.45, 2.75) is 12.1 Å². The maximum absolute atomic E-state index is 11.8. The van der Waals surface area contributed by atoms with Crippen molar-refractivity contribution in [3.63, 3.8) is 0 Å². The highest BCUT2D eigenvalue weighted by Crippen LogP contribution is 2.43. The molecule has 5 aromatic rings. The van der Waals surface area contributed by atoms with Gasteiger partial charge >= 0.3 is 0 Å². The summed E-state index contributed by atoms with van der Waals surface area (Å²) in [6, 6.07) is 40.0. The molecule has 1 aromatic heterocycles. The summed E-state index contributed by atoms with van der Waals surface area (Å²) in [4.78, 5) is 9.97. The van der Waals surface area contributed by atoms with Gasteiger partial charge in [0.15, 0.2) is 0 Å². The van der Waals surface area contributed by atoms with Crippen LogP contribution in [0.4, 0.5) is 5.95 Å². The molecule has 0 aliphatic carbocycles. The summed E-state index contributed by atoms with van der Waals surface area (Å²) >= 11 is 0. The van der Waals surface area contributed by atoms with Gasteiger partial charge in [-0.05, 0) is 11.1 Å². The third-order valence-electron chi connectivity index (χ3n) is 6.28. The van der Waals surface area contributed by atoms with E-state index in [4.69, 9.17) is 9.98 Å². The van der Waals surface area contributed by atoms with Gasteiger partial charge in [-0.25, -0.2) is 9.98 Å². The summed E-state index contributed by atoms with van der Waals surface area (Å²) in [6.45, 7) is 0. The molecule has 0 amide bonds. The van der Waals surface area contributed by atoms with Crippen molar-refractivity contribution in [1.29, 1.82) is 0 Å². The van der Waals surface area contributed by atoms with Crippen LogP contribution in [-0.2, 0) is 0 Å². The summed E-state index contributed by atoms with van der Waals surface area (Å²) in [5.74, 6) is 0.593. The van der Waals surface area contributed by atoms with Gasteiger partial charge in [0.05, 0.1) is 23.1 Å². The molecule has 6 rings (SSSR count). The molecule has 0 spiro atoms. The number of fused-ring (bicyclic) bond motifs is 1. The summed E-state index contributed by atoms with van der Waals surface area (Å²) in [6.07, 6.45) is -0.836. The molecular weight excluding hydrogens is 418 g/mol. The lowest BCUT2D eigenvalue weighted by Crippen LogP contribution is -2.36.